The Morgan fingerprint density at radius 2 is 1.92 bits per heavy atom. The molecule has 0 spiro atoms. The van der Waals surface area contributed by atoms with Crippen LogP contribution in [0.5, 0.6) is 0 Å². The summed E-state index contributed by atoms with van der Waals surface area (Å²) >= 11 is 0. The second-order valence-corrected chi connectivity index (χ2v) is 6.51. The molecule has 0 radical (unpaired) electrons. The number of aryl methyl sites for hydroxylation is 1. The van der Waals surface area contributed by atoms with Gasteiger partial charge in [0.1, 0.15) is 25.5 Å². The number of carbonyl (C=O) groups is 1. The van der Waals surface area contributed by atoms with Gasteiger partial charge in [-0.15, -0.1) is 0 Å². The predicted octanol–water partition coefficient (Wildman–Crippen LogP) is 2.20. The SMILES string of the molecule is CCc1ccc(CC(C(=O)C2(C)COCOC2)n2cncn2)cc1. The van der Waals surface area contributed by atoms with Gasteiger partial charge in [0.25, 0.3) is 0 Å². The molecule has 6 nitrogen and oxygen atoms in total. The van der Waals surface area contributed by atoms with Crippen LogP contribution in [0.15, 0.2) is 36.9 Å². The van der Waals surface area contributed by atoms with Crippen LogP contribution in [0.2, 0.25) is 0 Å². The lowest BCUT2D eigenvalue weighted by Crippen LogP contribution is -2.45. The fraction of sp³-hybridized carbons (Fsp3) is 0.500. The average molecular weight is 329 g/mol. The van der Waals surface area contributed by atoms with E-state index in [9.17, 15) is 4.79 Å². The molecule has 2 heterocycles. The molecular weight excluding hydrogens is 306 g/mol. The first-order valence-corrected chi connectivity index (χ1v) is 8.24. The topological polar surface area (TPSA) is 66.2 Å². The van der Waals surface area contributed by atoms with Crippen molar-refractivity contribution in [1.82, 2.24) is 14.8 Å². The highest BCUT2D eigenvalue weighted by Crippen LogP contribution is 2.30. The number of carbonyl (C=O) groups excluding carboxylic acids is 1. The van der Waals surface area contributed by atoms with E-state index >= 15 is 0 Å². The fourth-order valence-corrected chi connectivity index (χ4v) is 3.00. The van der Waals surface area contributed by atoms with Crippen molar-refractivity contribution in [3.63, 3.8) is 0 Å². The summed E-state index contributed by atoms with van der Waals surface area (Å²) in [6, 6.07) is 7.94. The Morgan fingerprint density at radius 3 is 2.50 bits per heavy atom. The zero-order chi connectivity index (χ0) is 17.0. The molecule has 1 aliphatic rings. The number of rotatable bonds is 6. The summed E-state index contributed by atoms with van der Waals surface area (Å²) in [5.41, 5.74) is 1.71. The highest BCUT2D eigenvalue weighted by Gasteiger charge is 2.41. The van der Waals surface area contributed by atoms with Crippen molar-refractivity contribution in [2.45, 2.75) is 32.7 Å². The Hall–Kier alpha value is -2.05. The summed E-state index contributed by atoms with van der Waals surface area (Å²) in [5.74, 6) is 0.0623. The van der Waals surface area contributed by atoms with Gasteiger partial charge in [-0.1, -0.05) is 31.2 Å². The molecule has 1 fully saturated rings. The summed E-state index contributed by atoms with van der Waals surface area (Å²) in [5, 5.41) is 4.20. The maximum Gasteiger partial charge on any atom is 0.168 e. The summed E-state index contributed by atoms with van der Waals surface area (Å²) in [6.45, 7) is 4.99. The van der Waals surface area contributed by atoms with Gasteiger partial charge in [0.05, 0.1) is 18.6 Å². The maximum absolute atomic E-state index is 13.2. The van der Waals surface area contributed by atoms with Crippen molar-refractivity contribution >= 4 is 5.78 Å². The largest absolute Gasteiger partial charge is 0.354 e. The first-order valence-electron chi connectivity index (χ1n) is 8.24. The molecule has 1 atom stereocenters. The van der Waals surface area contributed by atoms with Crippen LogP contribution < -0.4 is 0 Å². The molecule has 6 heteroatoms. The molecule has 128 valence electrons. The van der Waals surface area contributed by atoms with E-state index in [-0.39, 0.29) is 12.6 Å². The molecule has 0 N–H and O–H groups in total. The van der Waals surface area contributed by atoms with Crippen molar-refractivity contribution in [1.29, 1.82) is 0 Å². The van der Waals surface area contributed by atoms with Crippen LogP contribution in [0.1, 0.15) is 31.0 Å². The Labute approximate surface area is 141 Å². The lowest BCUT2D eigenvalue weighted by molar-refractivity contribution is -0.174. The number of aromatic nitrogens is 3. The van der Waals surface area contributed by atoms with E-state index in [4.69, 9.17) is 9.47 Å². The van der Waals surface area contributed by atoms with Crippen LogP contribution in [0.25, 0.3) is 0 Å². The monoisotopic (exact) mass is 329 g/mol. The number of hydrogen-bond acceptors (Lipinski definition) is 5. The normalized spacial score (nSPS) is 18.2. The van der Waals surface area contributed by atoms with Gasteiger partial charge in [0.15, 0.2) is 5.78 Å². The van der Waals surface area contributed by atoms with Gasteiger partial charge in [-0.05, 0) is 24.5 Å². The van der Waals surface area contributed by atoms with E-state index in [1.54, 1.807) is 11.0 Å². The molecule has 1 aromatic heterocycles. The molecule has 1 saturated heterocycles. The van der Waals surface area contributed by atoms with Crippen LogP contribution in [0.4, 0.5) is 0 Å². The van der Waals surface area contributed by atoms with E-state index < -0.39 is 11.5 Å². The number of ketones is 1. The number of hydrogen-bond donors (Lipinski definition) is 0. The zero-order valence-electron chi connectivity index (χ0n) is 14.1. The Kier molecular flexibility index (Phi) is 5.06. The standard InChI is InChI=1S/C18H23N3O3/c1-3-14-4-6-15(7-5-14)8-16(21-12-19-11-20-21)17(22)18(2)9-23-13-24-10-18/h4-7,11-12,16H,3,8-10,13H2,1-2H3. The summed E-state index contributed by atoms with van der Waals surface area (Å²) in [6.07, 6.45) is 4.62. The number of ether oxygens (including phenoxy) is 2. The van der Waals surface area contributed by atoms with E-state index in [2.05, 4.69) is 41.3 Å². The minimum absolute atomic E-state index is 0.0623. The first kappa shape index (κ1) is 16.8. The Balaban J connectivity index is 1.84. The van der Waals surface area contributed by atoms with Crippen molar-refractivity contribution in [3.05, 3.63) is 48.0 Å². The molecule has 3 rings (SSSR count). The van der Waals surface area contributed by atoms with Gasteiger partial charge in [-0.25, -0.2) is 9.67 Å². The van der Waals surface area contributed by atoms with E-state index in [0.29, 0.717) is 19.6 Å². The first-order chi connectivity index (χ1) is 11.6. The third-order valence-electron chi connectivity index (χ3n) is 4.52. The van der Waals surface area contributed by atoms with Gasteiger partial charge < -0.3 is 9.47 Å². The third-order valence-corrected chi connectivity index (χ3v) is 4.52. The molecule has 1 aliphatic heterocycles. The second kappa shape index (κ2) is 7.23. The van der Waals surface area contributed by atoms with Crippen molar-refractivity contribution in [2.24, 2.45) is 5.41 Å². The molecule has 0 saturated carbocycles. The highest BCUT2D eigenvalue weighted by molar-refractivity contribution is 5.88. The third kappa shape index (κ3) is 3.55. The molecule has 1 unspecified atom stereocenters. The Bertz CT molecular complexity index is 661. The number of Topliss-reactive ketones (excluding diaryl/α,β-unsaturated/α-hetero) is 1. The highest BCUT2D eigenvalue weighted by atomic mass is 16.7. The lowest BCUT2D eigenvalue weighted by Gasteiger charge is -2.34. The van der Waals surface area contributed by atoms with E-state index in [1.807, 2.05) is 6.92 Å². The van der Waals surface area contributed by atoms with Gasteiger partial charge in [-0.3, -0.25) is 4.79 Å². The van der Waals surface area contributed by atoms with Crippen molar-refractivity contribution < 1.29 is 14.3 Å². The van der Waals surface area contributed by atoms with Gasteiger partial charge in [-0.2, -0.15) is 5.10 Å². The van der Waals surface area contributed by atoms with Crippen LogP contribution in [-0.4, -0.2) is 40.6 Å². The van der Waals surface area contributed by atoms with E-state index in [1.165, 1.54) is 11.9 Å². The van der Waals surface area contributed by atoms with Crippen LogP contribution in [0, 0.1) is 5.41 Å². The predicted molar refractivity (Wildman–Crippen MR) is 88.5 cm³/mol. The quantitative estimate of drug-likeness (QED) is 0.813. The zero-order valence-corrected chi connectivity index (χ0v) is 14.1. The van der Waals surface area contributed by atoms with Gasteiger partial charge in [0.2, 0.25) is 0 Å². The molecule has 2 aromatic rings. The van der Waals surface area contributed by atoms with Crippen LogP contribution >= 0.6 is 0 Å². The lowest BCUT2D eigenvalue weighted by atomic mass is 9.81. The van der Waals surface area contributed by atoms with Crippen molar-refractivity contribution in [2.75, 3.05) is 20.0 Å². The molecule has 0 bridgehead atoms. The second-order valence-electron chi connectivity index (χ2n) is 6.51. The summed E-state index contributed by atoms with van der Waals surface area (Å²) in [4.78, 5) is 17.2. The molecule has 0 amide bonds. The minimum atomic E-state index is -0.668. The van der Waals surface area contributed by atoms with Crippen LogP contribution in [-0.2, 0) is 27.1 Å². The number of nitrogens with zero attached hydrogens (tertiary/aromatic N) is 3. The maximum atomic E-state index is 13.2. The van der Waals surface area contributed by atoms with E-state index in [0.717, 1.165) is 12.0 Å². The molecular formula is C18H23N3O3. The molecule has 0 aliphatic carbocycles. The van der Waals surface area contributed by atoms with Gasteiger partial charge >= 0.3 is 0 Å². The average Bonchev–Trinajstić information content (AvgIpc) is 3.14. The van der Waals surface area contributed by atoms with Gasteiger partial charge in [0, 0.05) is 6.42 Å². The van der Waals surface area contributed by atoms with Crippen molar-refractivity contribution in [3.8, 4) is 0 Å². The minimum Gasteiger partial charge on any atom is -0.354 e. The Morgan fingerprint density at radius 1 is 1.25 bits per heavy atom. The molecule has 24 heavy (non-hydrogen) atoms. The summed E-state index contributed by atoms with van der Waals surface area (Å²) in [7, 11) is 0. The smallest absolute Gasteiger partial charge is 0.168 e. The molecule has 1 aromatic carbocycles. The fourth-order valence-electron chi connectivity index (χ4n) is 3.00. The van der Waals surface area contributed by atoms with Crippen LogP contribution in [0.3, 0.4) is 0 Å². The number of benzene rings is 1. The summed E-state index contributed by atoms with van der Waals surface area (Å²) < 4.78 is 12.4.